The molecule has 0 aliphatic carbocycles. The highest BCUT2D eigenvalue weighted by atomic mass is 19.1. The van der Waals surface area contributed by atoms with Crippen molar-refractivity contribution in [2.75, 3.05) is 0 Å². The summed E-state index contributed by atoms with van der Waals surface area (Å²) < 4.78 is 12.3. The molecule has 2 aromatic rings. The zero-order valence-electron chi connectivity index (χ0n) is 6.76. The van der Waals surface area contributed by atoms with E-state index in [1.54, 1.807) is 0 Å². The van der Waals surface area contributed by atoms with Crippen molar-refractivity contribution in [3.8, 4) is 0 Å². The van der Waals surface area contributed by atoms with Crippen LogP contribution in [-0.4, -0.2) is 20.2 Å². The highest BCUT2D eigenvalue weighted by molar-refractivity contribution is 5.14. The Balaban J connectivity index is 2.15. The Bertz CT molecular complexity index is 384. The Morgan fingerprint density at radius 2 is 2.00 bits per heavy atom. The zero-order valence-corrected chi connectivity index (χ0v) is 6.76. The van der Waals surface area contributed by atoms with E-state index in [4.69, 9.17) is 0 Å². The van der Waals surface area contributed by atoms with E-state index < -0.39 is 6.08 Å². The molecule has 0 spiro atoms. The van der Waals surface area contributed by atoms with E-state index in [1.807, 2.05) is 30.3 Å². The maximum absolute atomic E-state index is 12.3. The third kappa shape index (κ3) is 1.87. The number of nitrogens with zero attached hydrogens (tertiary/aromatic N) is 4. The quantitative estimate of drug-likeness (QED) is 0.685. The molecule has 0 amide bonds. The molecule has 0 saturated carbocycles. The fourth-order valence-electron chi connectivity index (χ4n) is 1.04. The van der Waals surface area contributed by atoms with E-state index in [0.29, 0.717) is 6.54 Å². The van der Waals surface area contributed by atoms with Gasteiger partial charge in [-0.1, -0.05) is 35.4 Å². The smallest absolute Gasteiger partial charge is 0.158 e. The molecule has 1 aromatic heterocycles. The molecule has 4 nitrogen and oxygen atoms in total. The highest BCUT2D eigenvalue weighted by Gasteiger charge is 2.00. The first-order valence-electron chi connectivity index (χ1n) is 3.82. The second kappa shape index (κ2) is 3.30. The lowest BCUT2D eigenvalue weighted by Gasteiger charge is -1.96. The van der Waals surface area contributed by atoms with Crippen LogP contribution in [0.15, 0.2) is 30.3 Å². The topological polar surface area (TPSA) is 43.6 Å². The second-order valence-electron chi connectivity index (χ2n) is 2.57. The van der Waals surface area contributed by atoms with Gasteiger partial charge in [-0.3, -0.25) is 0 Å². The largest absolute Gasteiger partial charge is 0.347 e. The van der Waals surface area contributed by atoms with Crippen LogP contribution < -0.4 is 0 Å². The number of hydrogen-bond acceptors (Lipinski definition) is 3. The molecule has 2 rings (SSSR count). The Kier molecular flexibility index (Phi) is 1.99. The molecule has 0 aliphatic heterocycles. The van der Waals surface area contributed by atoms with Gasteiger partial charge < -0.3 is 0 Å². The third-order valence-electron chi connectivity index (χ3n) is 1.60. The fraction of sp³-hybridized carbons (Fsp3) is 0.125. The average molecular weight is 178 g/mol. The van der Waals surface area contributed by atoms with Gasteiger partial charge in [0.15, 0.2) is 0 Å². The first-order chi connectivity index (χ1) is 6.34. The second-order valence-corrected chi connectivity index (χ2v) is 2.57. The number of halogens is 1. The van der Waals surface area contributed by atoms with Gasteiger partial charge in [0.25, 0.3) is 0 Å². The Hall–Kier alpha value is -1.78. The van der Waals surface area contributed by atoms with E-state index in [-0.39, 0.29) is 0 Å². The number of benzene rings is 1. The fourth-order valence-corrected chi connectivity index (χ4v) is 1.04. The summed E-state index contributed by atoms with van der Waals surface area (Å²) in [5.41, 5.74) is 1.01. The summed E-state index contributed by atoms with van der Waals surface area (Å²) in [6.07, 6.45) is -0.795. The molecule has 0 radical (unpaired) electrons. The molecular formula is C8H7FN4. The van der Waals surface area contributed by atoms with Crippen molar-refractivity contribution >= 4 is 0 Å². The van der Waals surface area contributed by atoms with E-state index in [9.17, 15) is 4.39 Å². The predicted octanol–water partition coefficient (Wildman–Crippen LogP) is 0.860. The average Bonchev–Trinajstić information content (AvgIpc) is 2.53. The highest BCUT2D eigenvalue weighted by Crippen LogP contribution is 1.99. The van der Waals surface area contributed by atoms with Crippen LogP contribution in [0.4, 0.5) is 4.39 Å². The Morgan fingerprint density at radius 3 is 2.62 bits per heavy atom. The number of hydrogen-bond donors (Lipinski definition) is 0. The van der Waals surface area contributed by atoms with Gasteiger partial charge in [-0.15, -0.1) is 5.10 Å². The summed E-state index contributed by atoms with van der Waals surface area (Å²) in [4.78, 5) is 1.21. The van der Waals surface area contributed by atoms with Gasteiger partial charge in [-0.05, 0) is 10.8 Å². The molecule has 0 unspecified atom stereocenters. The van der Waals surface area contributed by atoms with Crippen molar-refractivity contribution in [1.29, 1.82) is 0 Å². The van der Waals surface area contributed by atoms with E-state index in [1.165, 1.54) is 4.80 Å². The van der Waals surface area contributed by atoms with Crippen LogP contribution in [0.3, 0.4) is 0 Å². The normalized spacial score (nSPS) is 10.2. The molecule has 1 heterocycles. The van der Waals surface area contributed by atoms with Crippen LogP contribution >= 0.6 is 0 Å². The summed E-state index contributed by atoms with van der Waals surface area (Å²) in [7, 11) is 0. The summed E-state index contributed by atoms with van der Waals surface area (Å²) in [5, 5.41) is 10.1. The summed E-state index contributed by atoms with van der Waals surface area (Å²) in [6.45, 7) is 0.442. The van der Waals surface area contributed by atoms with Crippen molar-refractivity contribution in [3.05, 3.63) is 42.0 Å². The molecular weight excluding hydrogens is 171 g/mol. The van der Waals surface area contributed by atoms with Crippen molar-refractivity contribution < 1.29 is 4.39 Å². The number of tetrazole rings is 1. The molecule has 1 aromatic carbocycles. The van der Waals surface area contributed by atoms with Gasteiger partial charge in [-0.2, -0.15) is 9.19 Å². The van der Waals surface area contributed by atoms with E-state index in [0.717, 1.165) is 5.56 Å². The first kappa shape index (κ1) is 7.85. The summed E-state index contributed by atoms with van der Waals surface area (Å²) >= 11 is 0. The van der Waals surface area contributed by atoms with Crippen LogP contribution in [0.25, 0.3) is 0 Å². The van der Waals surface area contributed by atoms with Crippen molar-refractivity contribution in [2.45, 2.75) is 6.54 Å². The van der Waals surface area contributed by atoms with Crippen molar-refractivity contribution in [1.82, 2.24) is 20.2 Å². The van der Waals surface area contributed by atoms with Gasteiger partial charge in [-0.25, -0.2) is 0 Å². The maximum atomic E-state index is 12.3. The molecule has 13 heavy (non-hydrogen) atoms. The molecule has 0 saturated heterocycles. The van der Waals surface area contributed by atoms with Gasteiger partial charge in [0.1, 0.15) is 0 Å². The zero-order chi connectivity index (χ0) is 9.10. The van der Waals surface area contributed by atoms with Gasteiger partial charge in [0.2, 0.25) is 0 Å². The molecule has 0 fully saturated rings. The van der Waals surface area contributed by atoms with Crippen molar-refractivity contribution in [2.24, 2.45) is 0 Å². The van der Waals surface area contributed by atoms with Crippen molar-refractivity contribution in [3.63, 3.8) is 0 Å². The van der Waals surface area contributed by atoms with Crippen LogP contribution in [0.5, 0.6) is 0 Å². The third-order valence-corrected chi connectivity index (χ3v) is 1.60. The number of rotatable bonds is 2. The lowest BCUT2D eigenvalue weighted by atomic mass is 10.2. The van der Waals surface area contributed by atoms with Crippen LogP contribution in [0, 0.1) is 6.08 Å². The Morgan fingerprint density at radius 1 is 1.23 bits per heavy atom. The molecule has 0 atom stereocenters. The minimum Gasteiger partial charge on any atom is -0.158 e. The summed E-state index contributed by atoms with van der Waals surface area (Å²) in [6, 6.07) is 9.56. The van der Waals surface area contributed by atoms with Crippen LogP contribution in [0.2, 0.25) is 0 Å². The molecule has 0 bridgehead atoms. The molecule has 0 N–H and O–H groups in total. The standard InChI is InChI=1S/C8H7FN4/c9-8-10-12-13(11-8)6-7-4-2-1-3-5-7/h1-5H,6H2. The lowest BCUT2D eigenvalue weighted by molar-refractivity contribution is 0.515. The lowest BCUT2D eigenvalue weighted by Crippen LogP contribution is -2.03. The first-order valence-corrected chi connectivity index (χ1v) is 3.82. The van der Waals surface area contributed by atoms with Gasteiger partial charge in [0.05, 0.1) is 6.54 Å². The van der Waals surface area contributed by atoms with Crippen LogP contribution in [0.1, 0.15) is 5.56 Å². The number of aromatic nitrogens is 4. The van der Waals surface area contributed by atoms with Gasteiger partial charge >= 0.3 is 6.08 Å². The molecule has 0 aliphatic rings. The Labute approximate surface area is 74.0 Å². The maximum Gasteiger partial charge on any atom is 0.347 e. The van der Waals surface area contributed by atoms with E-state index in [2.05, 4.69) is 15.4 Å². The SMILES string of the molecule is Fc1nnn(Cc2ccccc2)n1. The summed E-state index contributed by atoms with van der Waals surface area (Å²) in [5.74, 6) is 0. The minimum atomic E-state index is -0.795. The van der Waals surface area contributed by atoms with E-state index >= 15 is 0 Å². The van der Waals surface area contributed by atoms with Gasteiger partial charge in [0, 0.05) is 0 Å². The predicted molar refractivity (Wildman–Crippen MR) is 43.3 cm³/mol. The monoisotopic (exact) mass is 178 g/mol. The van der Waals surface area contributed by atoms with Crippen LogP contribution in [-0.2, 0) is 6.54 Å². The minimum absolute atomic E-state index is 0.442. The molecule has 66 valence electrons. The molecule has 5 heteroatoms.